The van der Waals surface area contributed by atoms with Gasteiger partial charge in [-0.3, -0.25) is 19.5 Å². The average Bonchev–Trinajstić information content (AvgIpc) is 2.95. The molecule has 0 N–H and O–H groups in total. The van der Waals surface area contributed by atoms with Crippen LogP contribution in [0.5, 0.6) is 0 Å². The van der Waals surface area contributed by atoms with Crippen molar-refractivity contribution in [1.29, 1.82) is 0 Å². The first-order chi connectivity index (χ1) is 10.6. The Morgan fingerprint density at radius 3 is 2.68 bits per heavy atom. The largest absolute Gasteiger partial charge is 0.419 e. The molecule has 0 unspecified atom stereocenters. The lowest BCUT2D eigenvalue weighted by Crippen LogP contribution is -2.42. The zero-order chi connectivity index (χ0) is 15.4. The highest BCUT2D eigenvalue weighted by atomic mass is 32.1. The number of thiocarbonyl (C=S) groups is 1. The zero-order valence-electron chi connectivity index (χ0n) is 12.3. The third kappa shape index (κ3) is 1.72. The molecule has 114 valence electrons. The minimum atomic E-state index is -0.365. The van der Waals surface area contributed by atoms with Crippen LogP contribution in [0, 0.1) is 0 Å². The Bertz CT molecular complexity index is 829. The van der Waals surface area contributed by atoms with Gasteiger partial charge in [0.1, 0.15) is 5.82 Å². The third-order valence-electron chi connectivity index (χ3n) is 4.28. The van der Waals surface area contributed by atoms with E-state index in [0.717, 1.165) is 48.1 Å². The number of benzene rings is 1. The van der Waals surface area contributed by atoms with Crippen LogP contribution in [0.25, 0.3) is 11.1 Å². The summed E-state index contributed by atoms with van der Waals surface area (Å²) in [5, 5.41) is 4.96. The van der Waals surface area contributed by atoms with Crippen molar-refractivity contribution in [1.82, 2.24) is 14.6 Å². The molecule has 0 atom stereocenters. The molecule has 0 amide bonds. The van der Waals surface area contributed by atoms with Crippen LogP contribution in [0.4, 0.5) is 5.69 Å². The second kappa shape index (κ2) is 4.61. The Morgan fingerprint density at radius 2 is 1.95 bits per heavy atom. The molecule has 0 saturated carbocycles. The summed E-state index contributed by atoms with van der Waals surface area (Å²) in [6, 6.07) is 5.62. The van der Waals surface area contributed by atoms with Gasteiger partial charge >= 0.3 is 5.76 Å². The molecule has 2 fully saturated rings. The number of hydrogen-bond acceptors (Lipinski definition) is 4. The Balaban J connectivity index is 1.81. The van der Waals surface area contributed by atoms with Crippen LogP contribution in [-0.2, 0) is 7.05 Å². The lowest BCUT2D eigenvalue weighted by atomic mass is 10.2. The fourth-order valence-corrected chi connectivity index (χ4v) is 3.49. The molecule has 4 rings (SSSR count). The summed E-state index contributed by atoms with van der Waals surface area (Å²) in [4.78, 5) is 13.6. The van der Waals surface area contributed by atoms with Crippen molar-refractivity contribution in [3.05, 3.63) is 41.1 Å². The maximum atomic E-state index is 11.6. The third-order valence-corrected chi connectivity index (χ3v) is 4.68. The molecule has 2 aliphatic rings. The smallest absolute Gasteiger partial charge is 0.408 e. The van der Waals surface area contributed by atoms with E-state index in [1.807, 2.05) is 17.0 Å². The van der Waals surface area contributed by atoms with E-state index >= 15 is 0 Å². The van der Waals surface area contributed by atoms with Crippen LogP contribution >= 0.6 is 12.2 Å². The molecule has 7 heteroatoms. The minimum Gasteiger partial charge on any atom is -0.408 e. The number of aryl methyl sites for hydroxylation is 1. The molecule has 6 nitrogen and oxygen atoms in total. The SMILES string of the molecule is C=C1N(c2ccc3oc(=O)n(C)c3c2)C(=S)N2CCCCN12. The summed E-state index contributed by atoms with van der Waals surface area (Å²) in [5.41, 5.74) is 2.22. The fourth-order valence-electron chi connectivity index (χ4n) is 3.09. The Labute approximate surface area is 132 Å². The summed E-state index contributed by atoms with van der Waals surface area (Å²) < 4.78 is 6.67. The molecule has 0 radical (unpaired) electrons. The van der Waals surface area contributed by atoms with E-state index in [1.54, 1.807) is 13.1 Å². The molecular formula is C15H16N4O2S. The number of anilines is 1. The topological polar surface area (TPSA) is 44.9 Å². The average molecular weight is 316 g/mol. The van der Waals surface area contributed by atoms with Crippen molar-refractivity contribution in [3.8, 4) is 0 Å². The number of oxazole rings is 1. The summed E-state index contributed by atoms with van der Waals surface area (Å²) in [6.45, 7) is 6.04. The van der Waals surface area contributed by atoms with Gasteiger partial charge in [-0.05, 0) is 43.3 Å². The van der Waals surface area contributed by atoms with Gasteiger partial charge in [0, 0.05) is 20.1 Å². The molecule has 2 saturated heterocycles. The van der Waals surface area contributed by atoms with Crippen LogP contribution in [0.1, 0.15) is 12.8 Å². The van der Waals surface area contributed by atoms with E-state index in [0.29, 0.717) is 5.58 Å². The van der Waals surface area contributed by atoms with E-state index in [-0.39, 0.29) is 5.76 Å². The Hall–Kier alpha value is -2.28. The summed E-state index contributed by atoms with van der Waals surface area (Å²) in [5.74, 6) is 0.494. The predicted octanol–water partition coefficient (Wildman–Crippen LogP) is 2.02. The van der Waals surface area contributed by atoms with Gasteiger partial charge in [-0.1, -0.05) is 6.58 Å². The number of aromatic nitrogens is 1. The molecule has 3 heterocycles. The highest BCUT2D eigenvalue weighted by Crippen LogP contribution is 2.33. The van der Waals surface area contributed by atoms with Gasteiger partial charge in [0.15, 0.2) is 5.58 Å². The molecule has 22 heavy (non-hydrogen) atoms. The maximum Gasteiger partial charge on any atom is 0.419 e. The lowest BCUT2D eigenvalue weighted by Gasteiger charge is -2.33. The van der Waals surface area contributed by atoms with E-state index < -0.39 is 0 Å². The zero-order valence-corrected chi connectivity index (χ0v) is 13.1. The first-order valence-corrected chi connectivity index (χ1v) is 7.66. The van der Waals surface area contributed by atoms with Crippen LogP contribution in [-0.4, -0.2) is 32.8 Å². The van der Waals surface area contributed by atoms with Crippen molar-refractivity contribution in [3.63, 3.8) is 0 Å². The van der Waals surface area contributed by atoms with E-state index in [1.165, 1.54) is 4.57 Å². The predicted molar refractivity (Wildman–Crippen MR) is 88.3 cm³/mol. The first kappa shape index (κ1) is 13.4. The Kier molecular flexibility index (Phi) is 2.80. The van der Waals surface area contributed by atoms with Crippen molar-refractivity contribution < 1.29 is 4.42 Å². The normalized spacial score (nSPS) is 18.5. The standard InChI is InChI=1S/C15H16N4O2S/c1-10-17-7-3-4-8-18(17)14(22)19(10)11-5-6-13-12(9-11)16(2)15(20)21-13/h5-6,9H,1,3-4,7-8H2,2H3. The van der Waals surface area contributed by atoms with Crippen LogP contribution in [0.15, 0.2) is 39.8 Å². The van der Waals surface area contributed by atoms with Gasteiger partial charge in [0.2, 0.25) is 5.11 Å². The van der Waals surface area contributed by atoms with Crippen LogP contribution in [0.3, 0.4) is 0 Å². The number of fused-ring (bicyclic) bond motifs is 2. The lowest BCUT2D eigenvalue weighted by molar-refractivity contribution is 0.0757. The van der Waals surface area contributed by atoms with Crippen molar-refractivity contribution in [2.75, 3.05) is 18.0 Å². The van der Waals surface area contributed by atoms with Gasteiger partial charge in [-0.2, -0.15) is 0 Å². The highest BCUT2D eigenvalue weighted by molar-refractivity contribution is 7.80. The first-order valence-electron chi connectivity index (χ1n) is 7.25. The van der Waals surface area contributed by atoms with Gasteiger partial charge in [0.25, 0.3) is 0 Å². The van der Waals surface area contributed by atoms with Gasteiger partial charge in [0.05, 0.1) is 11.2 Å². The molecule has 0 aliphatic carbocycles. The Morgan fingerprint density at radius 1 is 1.23 bits per heavy atom. The molecule has 1 aromatic heterocycles. The van der Waals surface area contributed by atoms with Gasteiger partial charge in [-0.25, -0.2) is 4.79 Å². The summed E-state index contributed by atoms with van der Waals surface area (Å²) in [6.07, 6.45) is 2.27. The van der Waals surface area contributed by atoms with Crippen LogP contribution in [0.2, 0.25) is 0 Å². The molecule has 2 aliphatic heterocycles. The maximum absolute atomic E-state index is 11.6. The fraction of sp³-hybridized carbons (Fsp3) is 0.333. The summed E-state index contributed by atoms with van der Waals surface area (Å²) in [7, 11) is 1.70. The molecule has 1 aromatic carbocycles. The quantitative estimate of drug-likeness (QED) is 0.750. The number of rotatable bonds is 1. The van der Waals surface area contributed by atoms with Gasteiger partial charge < -0.3 is 4.42 Å². The molecule has 0 spiro atoms. The van der Waals surface area contributed by atoms with Crippen molar-refractivity contribution >= 4 is 34.1 Å². The number of hydrazine groups is 1. The van der Waals surface area contributed by atoms with E-state index in [4.69, 9.17) is 16.6 Å². The van der Waals surface area contributed by atoms with Crippen molar-refractivity contribution in [2.45, 2.75) is 12.8 Å². The number of nitrogens with zero attached hydrogens (tertiary/aromatic N) is 4. The number of hydrogen-bond donors (Lipinski definition) is 0. The second-order valence-corrected chi connectivity index (χ2v) is 5.93. The monoisotopic (exact) mass is 316 g/mol. The van der Waals surface area contributed by atoms with Gasteiger partial charge in [-0.15, -0.1) is 0 Å². The van der Waals surface area contributed by atoms with E-state index in [9.17, 15) is 4.79 Å². The minimum absolute atomic E-state index is 0.365. The summed E-state index contributed by atoms with van der Waals surface area (Å²) >= 11 is 5.62. The molecular weight excluding hydrogens is 300 g/mol. The van der Waals surface area contributed by atoms with Crippen molar-refractivity contribution in [2.24, 2.45) is 7.05 Å². The van der Waals surface area contributed by atoms with Crippen LogP contribution < -0.4 is 10.7 Å². The molecule has 2 aromatic rings. The second-order valence-electron chi connectivity index (χ2n) is 5.57. The van der Waals surface area contributed by atoms with E-state index in [2.05, 4.69) is 16.6 Å². The molecule has 0 bridgehead atoms. The highest BCUT2D eigenvalue weighted by Gasteiger charge is 2.37.